The molecule has 1 amide bonds. The number of nitriles is 1. The lowest BCUT2D eigenvalue weighted by Crippen LogP contribution is -2.30. The van der Waals surface area contributed by atoms with Crippen LogP contribution < -0.4 is 0 Å². The highest BCUT2D eigenvalue weighted by atomic mass is 19.1. The van der Waals surface area contributed by atoms with Gasteiger partial charge in [-0.2, -0.15) is 5.26 Å². The molecule has 6 heteroatoms. The Morgan fingerprint density at radius 1 is 1.21 bits per heavy atom. The molecule has 2 rings (SSSR count). The van der Waals surface area contributed by atoms with Crippen molar-refractivity contribution >= 4 is 12.0 Å². The van der Waals surface area contributed by atoms with Gasteiger partial charge in [0.1, 0.15) is 11.6 Å². The lowest BCUT2D eigenvalue weighted by molar-refractivity contribution is -0.126. The Morgan fingerprint density at radius 2 is 1.96 bits per heavy atom. The van der Waals surface area contributed by atoms with E-state index in [1.807, 2.05) is 6.07 Å². The molecule has 24 heavy (non-hydrogen) atoms. The van der Waals surface area contributed by atoms with Crippen molar-refractivity contribution in [3.63, 3.8) is 0 Å². The summed E-state index contributed by atoms with van der Waals surface area (Å²) in [6.07, 6.45) is 3.96. The van der Waals surface area contributed by atoms with E-state index in [-0.39, 0.29) is 25.1 Å². The van der Waals surface area contributed by atoms with E-state index in [9.17, 15) is 13.6 Å². The standard InChI is InChI=1S/C18H15F2N3O/c19-16-6-3-7-17(20)15(16)8-9-18(24)23(12-4-10-21)13-14-5-1-2-11-22-14/h1-3,5-9,11H,4,12-13H2/b9-8-. The molecule has 1 aromatic heterocycles. The highest BCUT2D eigenvalue weighted by Crippen LogP contribution is 2.14. The molecular formula is C18H15F2N3O. The van der Waals surface area contributed by atoms with E-state index in [0.29, 0.717) is 5.69 Å². The Labute approximate surface area is 138 Å². The van der Waals surface area contributed by atoms with Gasteiger partial charge in [0, 0.05) is 24.4 Å². The van der Waals surface area contributed by atoms with E-state index in [1.54, 1.807) is 24.4 Å². The zero-order valence-electron chi connectivity index (χ0n) is 12.8. The minimum absolute atomic E-state index is 0.153. The summed E-state index contributed by atoms with van der Waals surface area (Å²) in [5, 5.41) is 8.72. The molecule has 0 atom stereocenters. The Morgan fingerprint density at radius 3 is 2.58 bits per heavy atom. The van der Waals surface area contributed by atoms with Gasteiger partial charge in [-0.15, -0.1) is 0 Å². The lowest BCUT2D eigenvalue weighted by atomic mass is 10.2. The number of hydrogen-bond donors (Lipinski definition) is 0. The van der Waals surface area contributed by atoms with Crippen LogP contribution in [0.1, 0.15) is 17.7 Å². The van der Waals surface area contributed by atoms with Crippen LogP contribution in [0.25, 0.3) is 6.08 Å². The molecule has 1 heterocycles. The molecule has 122 valence electrons. The van der Waals surface area contributed by atoms with Crippen LogP contribution in [0.15, 0.2) is 48.7 Å². The number of carbonyl (C=O) groups excluding carboxylic acids is 1. The highest BCUT2D eigenvalue weighted by molar-refractivity contribution is 5.91. The Balaban J connectivity index is 2.15. The van der Waals surface area contributed by atoms with E-state index < -0.39 is 17.5 Å². The molecule has 0 aliphatic carbocycles. The molecule has 0 unspecified atom stereocenters. The number of pyridine rings is 1. The molecule has 0 spiro atoms. The fourth-order valence-corrected chi connectivity index (χ4v) is 2.07. The van der Waals surface area contributed by atoms with Crippen LogP contribution in [0.4, 0.5) is 8.78 Å². The fraction of sp³-hybridized carbons (Fsp3) is 0.167. The molecule has 0 saturated heterocycles. The van der Waals surface area contributed by atoms with Crippen molar-refractivity contribution in [3.05, 3.63) is 71.6 Å². The third-order valence-corrected chi connectivity index (χ3v) is 3.28. The molecule has 4 nitrogen and oxygen atoms in total. The molecule has 0 aliphatic rings. The number of amides is 1. The van der Waals surface area contributed by atoms with Crippen molar-refractivity contribution in [1.82, 2.24) is 9.88 Å². The number of carbonyl (C=O) groups is 1. The first kappa shape index (κ1) is 17.3. The molecule has 0 fully saturated rings. The summed E-state index contributed by atoms with van der Waals surface area (Å²) >= 11 is 0. The van der Waals surface area contributed by atoms with E-state index in [2.05, 4.69) is 4.98 Å². The van der Waals surface area contributed by atoms with Gasteiger partial charge in [-0.1, -0.05) is 12.1 Å². The average molecular weight is 327 g/mol. The van der Waals surface area contributed by atoms with Crippen molar-refractivity contribution in [2.24, 2.45) is 0 Å². The second-order valence-corrected chi connectivity index (χ2v) is 4.96. The molecule has 2 aromatic rings. The van der Waals surface area contributed by atoms with E-state index in [0.717, 1.165) is 24.3 Å². The van der Waals surface area contributed by atoms with Crippen molar-refractivity contribution in [1.29, 1.82) is 5.26 Å². The number of halogens is 2. The maximum atomic E-state index is 13.6. The predicted octanol–water partition coefficient (Wildman–Crippen LogP) is 3.32. The number of aromatic nitrogens is 1. The molecule has 1 aromatic carbocycles. The maximum Gasteiger partial charge on any atom is 0.246 e. The van der Waals surface area contributed by atoms with Gasteiger partial charge < -0.3 is 4.90 Å². The fourth-order valence-electron chi connectivity index (χ4n) is 2.07. The molecular weight excluding hydrogens is 312 g/mol. The van der Waals surface area contributed by atoms with E-state index >= 15 is 0 Å². The third kappa shape index (κ3) is 4.71. The Kier molecular flexibility index (Phi) is 6.15. The van der Waals surface area contributed by atoms with Crippen LogP contribution in [0.2, 0.25) is 0 Å². The Bertz CT molecular complexity index is 749. The number of hydrogen-bond acceptors (Lipinski definition) is 3. The minimum atomic E-state index is -0.743. The van der Waals surface area contributed by atoms with Gasteiger partial charge in [0.15, 0.2) is 0 Å². The summed E-state index contributed by atoms with van der Waals surface area (Å²) in [5.74, 6) is -1.93. The summed E-state index contributed by atoms with van der Waals surface area (Å²) in [6, 6.07) is 10.8. The van der Waals surface area contributed by atoms with Crippen LogP contribution in [0, 0.1) is 23.0 Å². The number of benzene rings is 1. The topological polar surface area (TPSA) is 57.0 Å². The van der Waals surface area contributed by atoms with Gasteiger partial charge in [0.25, 0.3) is 0 Å². The normalized spacial score (nSPS) is 10.5. The first-order valence-electron chi connectivity index (χ1n) is 7.29. The number of rotatable bonds is 6. The maximum absolute atomic E-state index is 13.6. The van der Waals surface area contributed by atoms with Crippen LogP contribution in [0.3, 0.4) is 0 Å². The number of nitrogens with zero attached hydrogens (tertiary/aromatic N) is 3. The van der Waals surface area contributed by atoms with Crippen LogP contribution in [-0.4, -0.2) is 22.3 Å². The van der Waals surface area contributed by atoms with Crippen LogP contribution in [0.5, 0.6) is 0 Å². The Hall–Kier alpha value is -3.07. The largest absolute Gasteiger partial charge is 0.332 e. The first-order valence-corrected chi connectivity index (χ1v) is 7.29. The van der Waals surface area contributed by atoms with Gasteiger partial charge in [-0.25, -0.2) is 8.78 Å². The SMILES string of the molecule is N#CCCN(Cc1ccccn1)C(=O)/C=C\c1c(F)cccc1F. The third-order valence-electron chi connectivity index (χ3n) is 3.28. The second kappa shape index (κ2) is 8.53. The van der Waals surface area contributed by atoms with Gasteiger partial charge in [0.2, 0.25) is 5.91 Å². The summed E-state index contributed by atoms with van der Waals surface area (Å²) in [7, 11) is 0. The summed E-state index contributed by atoms with van der Waals surface area (Å²) in [5.41, 5.74) is 0.387. The monoisotopic (exact) mass is 327 g/mol. The zero-order valence-corrected chi connectivity index (χ0v) is 12.8. The first-order chi connectivity index (χ1) is 11.6. The predicted molar refractivity (Wildman–Crippen MR) is 85.3 cm³/mol. The van der Waals surface area contributed by atoms with Crippen molar-refractivity contribution < 1.29 is 13.6 Å². The molecule has 0 saturated carbocycles. The van der Waals surface area contributed by atoms with E-state index in [4.69, 9.17) is 5.26 Å². The minimum Gasteiger partial charge on any atom is -0.332 e. The molecule has 0 N–H and O–H groups in total. The zero-order chi connectivity index (χ0) is 17.4. The summed E-state index contributed by atoms with van der Waals surface area (Å²) in [4.78, 5) is 17.8. The summed E-state index contributed by atoms with van der Waals surface area (Å²) in [6.45, 7) is 0.418. The highest BCUT2D eigenvalue weighted by Gasteiger charge is 2.13. The average Bonchev–Trinajstić information content (AvgIpc) is 2.59. The second-order valence-electron chi connectivity index (χ2n) is 4.96. The van der Waals surface area contributed by atoms with E-state index in [1.165, 1.54) is 11.0 Å². The molecule has 0 radical (unpaired) electrons. The van der Waals surface area contributed by atoms with Crippen molar-refractivity contribution in [3.8, 4) is 6.07 Å². The van der Waals surface area contributed by atoms with Crippen molar-refractivity contribution in [2.75, 3.05) is 6.54 Å². The molecule has 0 aliphatic heterocycles. The lowest BCUT2D eigenvalue weighted by Gasteiger charge is -2.19. The smallest absolute Gasteiger partial charge is 0.246 e. The summed E-state index contributed by atoms with van der Waals surface area (Å²) < 4.78 is 27.2. The van der Waals surface area contributed by atoms with Crippen LogP contribution >= 0.6 is 0 Å². The quantitative estimate of drug-likeness (QED) is 0.765. The van der Waals surface area contributed by atoms with Crippen LogP contribution in [-0.2, 0) is 11.3 Å². The van der Waals surface area contributed by atoms with Gasteiger partial charge >= 0.3 is 0 Å². The van der Waals surface area contributed by atoms with Gasteiger partial charge in [0.05, 0.1) is 24.7 Å². The molecule has 0 bridgehead atoms. The van der Waals surface area contributed by atoms with Gasteiger partial charge in [-0.3, -0.25) is 9.78 Å². The van der Waals surface area contributed by atoms with Crippen molar-refractivity contribution in [2.45, 2.75) is 13.0 Å². The van der Waals surface area contributed by atoms with Gasteiger partial charge in [-0.05, 0) is 30.3 Å².